The minimum Gasteiger partial charge on any atom is -0.391 e. The van der Waals surface area contributed by atoms with Gasteiger partial charge in [0.15, 0.2) is 0 Å². The van der Waals surface area contributed by atoms with Gasteiger partial charge in [-0.15, -0.1) is 0 Å². The zero-order valence-corrected chi connectivity index (χ0v) is 12.9. The summed E-state index contributed by atoms with van der Waals surface area (Å²) < 4.78 is 0. The summed E-state index contributed by atoms with van der Waals surface area (Å²) in [5.74, 6) is 0. The van der Waals surface area contributed by atoms with E-state index in [0.29, 0.717) is 0 Å². The highest BCUT2D eigenvalue weighted by Crippen LogP contribution is 2.22. The highest BCUT2D eigenvalue weighted by Gasteiger charge is 2.31. The lowest BCUT2D eigenvalue weighted by atomic mass is 9.90. The van der Waals surface area contributed by atoms with Gasteiger partial charge in [-0.25, -0.2) is 0 Å². The normalized spacial score (nSPS) is 13.8. The Balaban J connectivity index is 2.44. The molecule has 1 aromatic carbocycles. The van der Waals surface area contributed by atoms with Gasteiger partial charge in [-0.05, 0) is 51.8 Å². The van der Waals surface area contributed by atoms with Gasteiger partial charge in [0.2, 0.25) is 0 Å². The van der Waals surface area contributed by atoms with E-state index in [1.165, 1.54) is 5.56 Å². The van der Waals surface area contributed by atoms with Crippen molar-refractivity contribution in [1.82, 2.24) is 4.90 Å². The van der Waals surface area contributed by atoms with Crippen molar-refractivity contribution in [2.24, 2.45) is 0 Å². The molecule has 0 fully saturated rings. The predicted molar refractivity (Wildman–Crippen MR) is 82.4 cm³/mol. The van der Waals surface area contributed by atoms with Crippen molar-refractivity contribution in [3.8, 4) is 0 Å². The highest BCUT2D eigenvalue weighted by atomic mass is 16.3. The maximum absolute atomic E-state index is 10.4. The molecule has 0 radical (unpaired) electrons. The molecular weight excluding hydrogens is 234 g/mol. The molecule has 0 saturated carbocycles. The van der Waals surface area contributed by atoms with Gasteiger partial charge < -0.3 is 5.11 Å². The average Bonchev–Trinajstić information content (AvgIpc) is 2.41. The van der Waals surface area contributed by atoms with Crippen molar-refractivity contribution in [1.29, 1.82) is 0 Å². The van der Waals surface area contributed by atoms with Crippen LogP contribution in [0.25, 0.3) is 0 Å². The largest absolute Gasteiger partial charge is 0.391 e. The molecule has 0 heterocycles. The van der Waals surface area contributed by atoms with Crippen molar-refractivity contribution < 1.29 is 5.11 Å². The Morgan fingerprint density at radius 3 is 2.21 bits per heavy atom. The number of nitrogens with zero attached hydrogens (tertiary/aromatic N) is 1. The summed E-state index contributed by atoms with van der Waals surface area (Å²) in [5, 5.41) is 10.4. The fourth-order valence-electron chi connectivity index (χ4n) is 2.75. The molecule has 1 rings (SSSR count). The molecule has 1 atom stereocenters. The quantitative estimate of drug-likeness (QED) is 0.776. The number of rotatable bonds is 8. The molecule has 0 aliphatic rings. The van der Waals surface area contributed by atoms with Gasteiger partial charge >= 0.3 is 0 Å². The van der Waals surface area contributed by atoms with Crippen molar-refractivity contribution in [3.63, 3.8) is 0 Å². The third-order valence-electron chi connectivity index (χ3n) is 4.18. The monoisotopic (exact) mass is 263 g/mol. The first-order valence-electron chi connectivity index (χ1n) is 7.49. The van der Waals surface area contributed by atoms with Gasteiger partial charge in [-0.2, -0.15) is 0 Å². The molecule has 19 heavy (non-hydrogen) atoms. The van der Waals surface area contributed by atoms with E-state index in [2.05, 4.69) is 56.9 Å². The Bertz CT molecular complexity index is 344. The van der Waals surface area contributed by atoms with Crippen LogP contribution in [0.5, 0.6) is 0 Å². The summed E-state index contributed by atoms with van der Waals surface area (Å²) in [6.07, 6.45) is 2.68. The Kier molecular flexibility index (Phi) is 6.53. The molecule has 0 amide bonds. The molecule has 0 saturated heterocycles. The lowest BCUT2D eigenvalue weighted by Gasteiger charge is -2.41. The molecule has 0 aromatic heterocycles. The van der Waals surface area contributed by atoms with Crippen LogP contribution >= 0.6 is 0 Å². The van der Waals surface area contributed by atoms with Crippen LogP contribution in [0.3, 0.4) is 0 Å². The van der Waals surface area contributed by atoms with E-state index >= 15 is 0 Å². The lowest BCUT2D eigenvalue weighted by Crippen LogP contribution is -2.52. The minimum absolute atomic E-state index is 0.139. The van der Waals surface area contributed by atoms with Crippen molar-refractivity contribution in [3.05, 3.63) is 35.9 Å². The summed E-state index contributed by atoms with van der Waals surface area (Å²) in [7, 11) is 0. The van der Waals surface area contributed by atoms with E-state index in [1.807, 2.05) is 6.07 Å². The van der Waals surface area contributed by atoms with E-state index in [9.17, 15) is 5.11 Å². The standard InChI is InChI=1S/C17H29NO/c1-5-18(6-2)17(3,4)16(19)14-10-13-15-11-8-7-9-12-15/h7-9,11-12,16,19H,5-6,10,13-14H2,1-4H3. The summed E-state index contributed by atoms with van der Waals surface area (Å²) in [6, 6.07) is 10.5. The summed E-state index contributed by atoms with van der Waals surface area (Å²) >= 11 is 0. The van der Waals surface area contributed by atoms with Gasteiger partial charge in [-0.3, -0.25) is 4.90 Å². The fraction of sp³-hybridized carbons (Fsp3) is 0.647. The van der Waals surface area contributed by atoms with E-state index in [-0.39, 0.29) is 11.6 Å². The second kappa shape index (κ2) is 7.66. The van der Waals surface area contributed by atoms with Crippen LogP contribution in [0.15, 0.2) is 30.3 Å². The van der Waals surface area contributed by atoms with E-state index in [0.717, 1.165) is 32.4 Å². The van der Waals surface area contributed by atoms with Crippen molar-refractivity contribution >= 4 is 0 Å². The average molecular weight is 263 g/mol. The van der Waals surface area contributed by atoms with Crippen LogP contribution in [-0.2, 0) is 6.42 Å². The molecule has 1 aromatic rings. The molecule has 2 nitrogen and oxygen atoms in total. The van der Waals surface area contributed by atoms with E-state index in [1.54, 1.807) is 0 Å². The summed E-state index contributed by atoms with van der Waals surface area (Å²) in [4.78, 5) is 2.33. The Morgan fingerprint density at radius 1 is 1.11 bits per heavy atom. The zero-order chi connectivity index (χ0) is 14.3. The zero-order valence-electron chi connectivity index (χ0n) is 12.9. The number of hydrogen-bond acceptors (Lipinski definition) is 2. The van der Waals surface area contributed by atoms with Gasteiger partial charge in [0.05, 0.1) is 6.10 Å². The first-order chi connectivity index (χ1) is 9.02. The molecule has 0 aliphatic heterocycles. The Labute approximate surface area is 118 Å². The predicted octanol–water partition coefficient (Wildman–Crippen LogP) is 3.49. The molecule has 0 aliphatic carbocycles. The number of likely N-dealkylation sites (N-methyl/N-ethyl adjacent to an activating group) is 1. The second-order valence-corrected chi connectivity index (χ2v) is 5.72. The molecule has 2 heteroatoms. The second-order valence-electron chi connectivity index (χ2n) is 5.72. The van der Waals surface area contributed by atoms with Crippen LogP contribution in [0, 0.1) is 0 Å². The maximum Gasteiger partial charge on any atom is 0.0718 e. The number of benzene rings is 1. The first-order valence-corrected chi connectivity index (χ1v) is 7.49. The van der Waals surface area contributed by atoms with Crippen molar-refractivity contribution in [2.45, 2.75) is 58.6 Å². The molecule has 0 spiro atoms. The topological polar surface area (TPSA) is 23.5 Å². The molecule has 0 bridgehead atoms. The van der Waals surface area contributed by atoms with Crippen LogP contribution in [0.1, 0.15) is 46.1 Å². The minimum atomic E-state index is -0.267. The smallest absolute Gasteiger partial charge is 0.0718 e. The third-order valence-corrected chi connectivity index (χ3v) is 4.18. The van der Waals surface area contributed by atoms with Crippen LogP contribution in [-0.4, -0.2) is 34.7 Å². The third kappa shape index (κ3) is 4.63. The van der Waals surface area contributed by atoms with Gasteiger partial charge in [0, 0.05) is 5.54 Å². The van der Waals surface area contributed by atoms with Crippen LogP contribution in [0.4, 0.5) is 0 Å². The Hall–Kier alpha value is -0.860. The SMILES string of the molecule is CCN(CC)C(C)(C)C(O)CCCc1ccccc1. The highest BCUT2D eigenvalue weighted by molar-refractivity contribution is 5.14. The van der Waals surface area contributed by atoms with Gasteiger partial charge in [0.25, 0.3) is 0 Å². The summed E-state index contributed by atoms with van der Waals surface area (Å²) in [6.45, 7) is 10.6. The number of aliphatic hydroxyl groups is 1. The van der Waals surface area contributed by atoms with E-state index in [4.69, 9.17) is 0 Å². The molecule has 1 unspecified atom stereocenters. The Morgan fingerprint density at radius 2 is 1.68 bits per heavy atom. The van der Waals surface area contributed by atoms with Crippen molar-refractivity contribution in [2.75, 3.05) is 13.1 Å². The number of aryl methyl sites for hydroxylation is 1. The first kappa shape index (κ1) is 16.2. The molecule has 1 N–H and O–H groups in total. The lowest BCUT2D eigenvalue weighted by molar-refractivity contribution is -0.0100. The molecule has 108 valence electrons. The molecular formula is C17H29NO. The summed E-state index contributed by atoms with van der Waals surface area (Å²) in [5.41, 5.74) is 1.22. The van der Waals surface area contributed by atoms with Gasteiger partial charge in [0.1, 0.15) is 0 Å². The number of hydrogen-bond donors (Lipinski definition) is 1. The van der Waals surface area contributed by atoms with Crippen LogP contribution < -0.4 is 0 Å². The maximum atomic E-state index is 10.4. The van der Waals surface area contributed by atoms with Gasteiger partial charge in [-0.1, -0.05) is 44.2 Å². The van der Waals surface area contributed by atoms with Crippen LogP contribution in [0.2, 0.25) is 0 Å². The van der Waals surface area contributed by atoms with E-state index < -0.39 is 0 Å². The number of aliphatic hydroxyl groups excluding tert-OH is 1. The fourth-order valence-corrected chi connectivity index (χ4v) is 2.75.